The summed E-state index contributed by atoms with van der Waals surface area (Å²) in [6.07, 6.45) is 10.7. The van der Waals surface area contributed by atoms with Gasteiger partial charge in [-0.15, -0.1) is 0 Å². The number of allylic oxidation sites excluding steroid dienone is 3. The summed E-state index contributed by atoms with van der Waals surface area (Å²) in [6.45, 7) is 17.1. The molecule has 0 amide bonds. The first-order valence-electron chi connectivity index (χ1n) is 11.2. The number of fused-ring (bicyclic) bond motifs is 3. The maximum absolute atomic E-state index is 12.2. The van der Waals surface area contributed by atoms with Crippen LogP contribution in [-0.2, 0) is 4.43 Å². The van der Waals surface area contributed by atoms with Crippen LogP contribution >= 0.6 is 0 Å². The number of rotatable bonds is 3. The van der Waals surface area contributed by atoms with Crippen molar-refractivity contribution in [3.63, 3.8) is 0 Å². The van der Waals surface area contributed by atoms with Gasteiger partial charge in [0, 0.05) is 12.5 Å². The predicted octanol–water partition coefficient (Wildman–Crippen LogP) is 6.09. The Bertz CT molecular complexity index is 685. The highest BCUT2D eigenvalue weighted by Crippen LogP contribution is 2.75. The number of aliphatic hydroxyl groups is 1. The Morgan fingerprint density at radius 1 is 1.26 bits per heavy atom. The van der Waals surface area contributed by atoms with Gasteiger partial charge >= 0.3 is 0 Å². The van der Waals surface area contributed by atoms with Gasteiger partial charge in [-0.05, 0) is 85.9 Å². The molecule has 0 aliphatic heterocycles. The molecule has 1 N–H and O–H groups in total. The lowest BCUT2D eigenvalue weighted by atomic mass is 9.64. The second kappa shape index (κ2) is 6.06. The van der Waals surface area contributed by atoms with Gasteiger partial charge in [0.1, 0.15) is 0 Å². The van der Waals surface area contributed by atoms with Crippen molar-refractivity contribution in [2.45, 2.75) is 90.5 Å². The zero-order valence-electron chi connectivity index (χ0n) is 18.6. The van der Waals surface area contributed by atoms with Crippen molar-refractivity contribution in [3.8, 4) is 0 Å². The molecule has 0 heterocycles. The first-order valence-corrected chi connectivity index (χ1v) is 14.1. The van der Waals surface area contributed by atoms with Crippen molar-refractivity contribution in [2.24, 2.45) is 29.1 Å². The summed E-state index contributed by atoms with van der Waals surface area (Å²) in [4.78, 5) is 0. The Labute approximate surface area is 167 Å². The maximum Gasteiger partial charge on any atom is 0.191 e. The van der Waals surface area contributed by atoms with E-state index in [-0.39, 0.29) is 5.04 Å². The molecule has 2 fully saturated rings. The highest BCUT2D eigenvalue weighted by molar-refractivity contribution is 6.74. The normalized spacial score (nSPS) is 43.9. The molecule has 152 valence electrons. The van der Waals surface area contributed by atoms with Gasteiger partial charge in [0.05, 0.1) is 5.60 Å². The van der Waals surface area contributed by atoms with E-state index in [1.807, 2.05) is 0 Å². The molecule has 4 rings (SSSR count). The smallest absolute Gasteiger partial charge is 0.191 e. The van der Waals surface area contributed by atoms with Crippen LogP contribution in [0.2, 0.25) is 18.1 Å². The highest BCUT2D eigenvalue weighted by Gasteiger charge is 2.73. The number of hydrogen-bond donors (Lipinski definition) is 1. The summed E-state index contributed by atoms with van der Waals surface area (Å²) in [5, 5.41) is 12.4. The maximum atomic E-state index is 12.2. The second-order valence-corrected chi connectivity index (χ2v) is 16.5. The Hall–Kier alpha value is -0.383. The molecule has 0 aromatic rings. The molecular formula is C24H40O2Si. The van der Waals surface area contributed by atoms with Crippen molar-refractivity contribution in [2.75, 3.05) is 6.61 Å². The minimum atomic E-state index is -1.76. The zero-order valence-corrected chi connectivity index (χ0v) is 19.6. The van der Waals surface area contributed by atoms with Gasteiger partial charge in [0.2, 0.25) is 0 Å². The molecule has 0 aromatic carbocycles. The fourth-order valence-electron chi connectivity index (χ4n) is 6.50. The van der Waals surface area contributed by atoms with Crippen molar-refractivity contribution in [1.82, 2.24) is 0 Å². The van der Waals surface area contributed by atoms with Gasteiger partial charge in [0.15, 0.2) is 8.32 Å². The molecule has 0 saturated heterocycles. The summed E-state index contributed by atoms with van der Waals surface area (Å²) >= 11 is 0. The molecule has 27 heavy (non-hydrogen) atoms. The van der Waals surface area contributed by atoms with Gasteiger partial charge in [-0.2, -0.15) is 0 Å². The minimum Gasteiger partial charge on any atom is -0.417 e. The van der Waals surface area contributed by atoms with Crippen LogP contribution in [-0.4, -0.2) is 25.6 Å². The van der Waals surface area contributed by atoms with E-state index in [1.54, 1.807) is 5.57 Å². The third-order valence-electron chi connectivity index (χ3n) is 9.31. The van der Waals surface area contributed by atoms with Gasteiger partial charge < -0.3 is 9.53 Å². The lowest BCUT2D eigenvalue weighted by Gasteiger charge is -2.47. The van der Waals surface area contributed by atoms with E-state index in [0.29, 0.717) is 29.1 Å². The molecule has 4 aliphatic carbocycles. The SMILES string of the molecule is CC1=CC[C@H](CO[Si](C)(C)C(C)(C)C)[C@H]2CCC3=CCC[C@@]4(C)[C@@H]3[C@H]4C12O. The van der Waals surface area contributed by atoms with Crippen molar-refractivity contribution < 1.29 is 9.53 Å². The molecular weight excluding hydrogens is 348 g/mol. The van der Waals surface area contributed by atoms with Gasteiger partial charge in [0.25, 0.3) is 0 Å². The lowest BCUT2D eigenvalue weighted by Crippen LogP contribution is -2.51. The van der Waals surface area contributed by atoms with E-state index < -0.39 is 13.9 Å². The van der Waals surface area contributed by atoms with Crippen LogP contribution in [0.1, 0.15) is 66.7 Å². The zero-order chi connectivity index (χ0) is 19.8. The topological polar surface area (TPSA) is 29.5 Å². The first-order chi connectivity index (χ1) is 12.4. The summed E-state index contributed by atoms with van der Waals surface area (Å²) in [5.74, 6) is 1.87. The Morgan fingerprint density at radius 2 is 1.96 bits per heavy atom. The van der Waals surface area contributed by atoms with Crippen LogP contribution in [0.25, 0.3) is 0 Å². The standard InChI is InChI=1S/C24H40O2Si/c1-16-10-11-18(15-26-27(6,7)22(2,3)4)19-13-12-17-9-8-14-23(5)20(17)21(23)24(16,19)25/h9-10,18-21,25H,8,11-15H2,1-7H3/t18-,19-,20+,21-,23+,24?/m1/s1. The van der Waals surface area contributed by atoms with E-state index in [9.17, 15) is 5.11 Å². The van der Waals surface area contributed by atoms with Crippen molar-refractivity contribution >= 4 is 8.32 Å². The Kier molecular flexibility index (Phi) is 4.47. The van der Waals surface area contributed by atoms with Gasteiger partial charge in [-0.25, -0.2) is 0 Å². The summed E-state index contributed by atoms with van der Waals surface area (Å²) < 4.78 is 6.66. The summed E-state index contributed by atoms with van der Waals surface area (Å²) in [7, 11) is -1.76. The second-order valence-electron chi connectivity index (χ2n) is 11.7. The molecule has 2 saturated carbocycles. The molecule has 0 radical (unpaired) electrons. The molecule has 6 atom stereocenters. The van der Waals surface area contributed by atoms with Crippen LogP contribution in [0.3, 0.4) is 0 Å². The summed E-state index contributed by atoms with van der Waals surface area (Å²) in [5.41, 5.74) is 2.62. The monoisotopic (exact) mass is 388 g/mol. The Balaban J connectivity index is 1.61. The van der Waals surface area contributed by atoms with Crippen LogP contribution in [0.4, 0.5) is 0 Å². The third kappa shape index (κ3) is 2.79. The molecule has 1 unspecified atom stereocenters. The van der Waals surface area contributed by atoms with E-state index in [2.05, 4.69) is 59.9 Å². The van der Waals surface area contributed by atoms with E-state index in [4.69, 9.17) is 4.43 Å². The molecule has 0 spiro atoms. The fourth-order valence-corrected chi connectivity index (χ4v) is 7.56. The lowest BCUT2D eigenvalue weighted by molar-refractivity contribution is -0.0575. The molecule has 0 aromatic heterocycles. The summed E-state index contributed by atoms with van der Waals surface area (Å²) in [6, 6.07) is 0. The molecule has 0 bridgehead atoms. The van der Waals surface area contributed by atoms with Crippen LogP contribution in [0.15, 0.2) is 23.3 Å². The average Bonchev–Trinajstić information content (AvgIpc) is 3.24. The largest absolute Gasteiger partial charge is 0.417 e. The number of hydrogen-bond acceptors (Lipinski definition) is 2. The molecule has 4 aliphatic rings. The predicted molar refractivity (Wildman–Crippen MR) is 115 cm³/mol. The van der Waals surface area contributed by atoms with Gasteiger partial charge in [-0.3, -0.25) is 0 Å². The van der Waals surface area contributed by atoms with E-state index in [1.165, 1.54) is 24.8 Å². The van der Waals surface area contributed by atoms with E-state index >= 15 is 0 Å². The highest BCUT2D eigenvalue weighted by atomic mass is 28.4. The fraction of sp³-hybridized carbons (Fsp3) is 0.833. The Morgan fingerprint density at radius 3 is 2.63 bits per heavy atom. The van der Waals surface area contributed by atoms with Crippen LogP contribution < -0.4 is 0 Å². The van der Waals surface area contributed by atoms with Crippen molar-refractivity contribution in [3.05, 3.63) is 23.3 Å². The van der Waals surface area contributed by atoms with Crippen LogP contribution in [0.5, 0.6) is 0 Å². The minimum absolute atomic E-state index is 0.240. The molecule has 3 heteroatoms. The van der Waals surface area contributed by atoms with Crippen molar-refractivity contribution in [1.29, 1.82) is 0 Å². The van der Waals surface area contributed by atoms with Crippen LogP contribution in [0, 0.1) is 29.1 Å². The quantitative estimate of drug-likeness (QED) is 0.468. The van der Waals surface area contributed by atoms with Gasteiger partial charge in [-0.1, -0.05) is 45.4 Å². The van der Waals surface area contributed by atoms with E-state index in [0.717, 1.165) is 19.4 Å². The first kappa shape index (κ1) is 19.9. The molecule has 2 nitrogen and oxygen atoms in total. The average molecular weight is 389 g/mol. The third-order valence-corrected chi connectivity index (χ3v) is 13.8.